The van der Waals surface area contributed by atoms with E-state index >= 15 is 0 Å². The van der Waals surface area contributed by atoms with E-state index < -0.39 is 36.9 Å². The summed E-state index contributed by atoms with van der Waals surface area (Å²) in [5.41, 5.74) is 0.483. The monoisotopic (exact) mass is 533 g/mol. The summed E-state index contributed by atoms with van der Waals surface area (Å²) in [4.78, 5) is 45.2. The summed E-state index contributed by atoms with van der Waals surface area (Å²) in [6, 6.07) is 1.04. The van der Waals surface area contributed by atoms with Crippen LogP contribution in [0.1, 0.15) is 56.6 Å². The molecule has 1 aliphatic rings. The molecular weight excluding hydrogens is 508 g/mol. The number of thiophene rings is 1. The number of nitrogens with one attached hydrogen (secondary N) is 3. The van der Waals surface area contributed by atoms with E-state index in [0.717, 1.165) is 11.3 Å². The number of alkyl halides is 2. The Labute approximate surface area is 209 Å². The molecule has 192 valence electrons. The summed E-state index contributed by atoms with van der Waals surface area (Å²) in [6.07, 6.45) is -2.11. The van der Waals surface area contributed by atoms with Crippen LogP contribution in [0.4, 0.5) is 13.8 Å². The predicted molar refractivity (Wildman–Crippen MR) is 126 cm³/mol. The number of aryl methyl sites for hydroxylation is 1. The Morgan fingerprint density at radius 1 is 1.37 bits per heavy atom. The summed E-state index contributed by atoms with van der Waals surface area (Å²) in [5, 5.41) is 15.2. The Balaban J connectivity index is 1.74. The van der Waals surface area contributed by atoms with Crippen molar-refractivity contribution in [1.82, 2.24) is 20.6 Å². The molecule has 14 heteroatoms. The molecule has 0 radical (unpaired) electrons. The van der Waals surface area contributed by atoms with Crippen molar-refractivity contribution < 1.29 is 33.0 Å². The number of carbonyl (C=O) groups is 3. The van der Waals surface area contributed by atoms with Crippen LogP contribution in [0.3, 0.4) is 0 Å². The number of piperidine rings is 1. The topological polar surface area (TPSA) is 137 Å². The molecule has 2 aromatic rings. The first-order valence-electron chi connectivity index (χ1n) is 11.0. The first-order valence-corrected chi connectivity index (χ1v) is 12.2. The van der Waals surface area contributed by atoms with Gasteiger partial charge in [-0.15, -0.1) is 11.3 Å². The molecule has 3 heterocycles. The van der Waals surface area contributed by atoms with Crippen molar-refractivity contribution in [2.24, 2.45) is 0 Å². The van der Waals surface area contributed by atoms with Gasteiger partial charge in [-0.2, -0.15) is 0 Å². The molecule has 0 aliphatic carbocycles. The number of hydrogen-bond acceptors (Lipinski definition) is 7. The van der Waals surface area contributed by atoms with Crippen molar-refractivity contribution in [3.8, 4) is 0 Å². The largest absolute Gasteiger partial charge is 0.477 e. The predicted octanol–water partition coefficient (Wildman–Crippen LogP) is 2.79. The van der Waals surface area contributed by atoms with Gasteiger partial charge in [-0.1, -0.05) is 18.5 Å². The van der Waals surface area contributed by atoms with E-state index in [1.54, 1.807) is 0 Å². The highest BCUT2D eigenvalue weighted by atomic mass is 35.5. The third-order valence-corrected chi connectivity index (χ3v) is 6.94. The van der Waals surface area contributed by atoms with Gasteiger partial charge in [0, 0.05) is 19.7 Å². The lowest BCUT2D eigenvalue weighted by molar-refractivity contribution is 0.0273. The number of aromatic carboxylic acids is 1. The van der Waals surface area contributed by atoms with Gasteiger partial charge in [0.15, 0.2) is 11.0 Å². The van der Waals surface area contributed by atoms with E-state index in [4.69, 9.17) is 16.3 Å². The molecule has 35 heavy (non-hydrogen) atoms. The summed E-state index contributed by atoms with van der Waals surface area (Å²) >= 11 is 6.91. The van der Waals surface area contributed by atoms with Gasteiger partial charge in [0.05, 0.1) is 34.9 Å². The second kappa shape index (κ2) is 11.8. The average Bonchev–Trinajstić information content (AvgIpc) is 3.43. The number of H-pyrrole nitrogens is 1. The Kier molecular flexibility index (Phi) is 9.03. The van der Waals surface area contributed by atoms with E-state index in [-0.39, 0.29) is 27.5 Å². The van der Waals surface area contributed by atoms with Gasteiger partial charge in [-0.05, 0) is 25.8 Å². The minimum Gasteiger partial charge on any atom is -0.477 e. The lowest BCUT2D eigenvalue weighted by Gasteiger charge is -2.39. The van der Waals surface area contributed by atoms with Gasteiger partial charge < -0.3 is 30.4 Å². The SMILES string of the molecule is CCO[C@H]1CN(c2cc(C(=O)NCC(F)F)c(C(=O)O)s2)CC[C@H]1NC(=O)c1nc(Cl)c(CC)[nH]1. The van der Waals surface area contributed by atoms with Crippen molar-refractivity contribution in [2.75, 3.05) is 31.1 Å². The van der Waals surface area contributed by atoms with Crippen LogP contribution < -0.4 is 15.5 Å². The van der Waals surface area contributed by atoms with E-state index in [1.807, 2.05) is 24.1 Å². The Bertz CT molecular complexity index is 1080. The van der Waals surface area contributed by atoms with Gasteiger partial charge in [0.1, 0.15) is 4.88 Å². The van der Waals surface area contributed by atoms with Gasteiger partial charge in [-0.3, -0.25) is 9.59 Å². The van der Waals surface area contributed by atoms with Crippen molar-refractivity contribution in [3.63, 3.8) is 0 Å². The van der Waals surface area contributed by atoms with E-state index in [1.165, 1.54) is 6.07 Å². The van der Waals surface area contributed by atoms with Crippen molar-refractivity contribution in [1.29, 1.82) is 0 Å². The minimum absolute atomic E-state index is 0.105. The molecule has 0 spiro atoms. The van der Waals surface area contributed by atoms with Crippen LogP contribution in [0.2, 0.25) is 5.15 Å². The van der Waals surface area contributed by atoms with Crippen LogP contribution in [0.15, 0.2) is 6.07 Å². The Morgan fingerprint density at radius 2 is 2.11 bits per heavy atom. The van der Waals surface area contributed by atoms with Crippen LogP contribution >= 0.6 is 22.9 Å². The summed E-state index contributed by atoms with van der Waals surface area (Å²) < 4.78 is 30.8. The molecule has 1 saturated heterocycles. The number of carboxylic acids is 1. The van der Waals surface area contributed by atoms with Crippen LogP contribution in [0, 0.1) is 0 Å². The zero-order valence-electron chi connectivity index (χ0n) is 19.1. The number of nitrogens with zero attached hydrogens (tertiary/aromatic N) is 2. The van der Waals surface area contributed by atoms with E-state index in [2.05, 4.69) is 15.3 Å². The molecule has 1 aliphatic heterocycles. The number of imidazole rings is 1. The molecule has 0 aromatic carbocycles. The number of aromatic amines is 1. The summed E-state index contributed by atoms with van der Waals surface area (Å²) in [5.74, 6) is -2.52. The van der Waals surface area contributed by atoms with Gasteiger partial charge in [-0.25, -0.2) is 18.6 Å². The zero-order valence-corrected chi connectivity index (χ0v) is 20.6. The molecule has 2 aromatic heterocycles. The van der Waals surface area contributed by atoms with Gasteiger partial charge in [0.2, 0.25) is 0 Å². The third kappa shape index (κ3) is 6.47. The molecule has 10 nitrogen and oxygen atoms in total. The Morgan fingerprint density at radius 3 is 2.71 bits per heavy atom. The highest BCUT2D eigenvalue weighted by Crippen LogP contribution is 2.33. The maximum absolute atomic E-state index is 12.7. The Hall–Kier alpha value is -2.77. The summed E-state index contributed by atoms with van der Waals surface area (Å²) in [6.45, 7) is 3.96. The number of carboxylic acid groups (broad SMARTS) is 1. The second-order valence-electron chi connectivity index (χ2n) is 7.75. The van der Waals surface area contributed by atoms with Crippen molar-refractivity contribution >= 4 is 45.7 Å². The molecule has 0 unspecified atom stereocenters. The molecule has 2 atom stereocenters. The van der Waals surface area contributed by atoms with Crippen LogP contribution in [-0.2, 0) is 11.2 Å². The van der Waals surface area contributed by atoms with Crippen molar-refractivity contribution in [3.05, 3.63) is 33.2 Å². The number of ether oxygens (including phenoxy) is 1. The number of hydrogen-bond donors (Lipinski definition) is 4. The highest BCUT2D eigenvalue weighted by Gasteiger charge is 2.34. The normalized spacial score (nSPS) is 18.1. The molecule has 2 amide bonds. The van der Waals surface area contributed by atoms with Gasteiger partial charge >= 0.3 is 5.97 Å². The standard InChI is InChI=1S/C21H26ClF2N5O5S/c1-3-11-17(22)28-18(26-11)20(31)27-12-5-6-29(9-13(12)34-4-2)15-7-10(16(35-15)21(32)33)19(30)25-8-14(23)24/h7,12-14H,3-6,8-9H2,1-2H3,(H,25,30)(H,26,28)(H,27,31)(H,32,33)/t12-,13+/m1/s1. The number of carbonyl (C=O) groups excluding carboxylic acids is 2. The molecule has 3 rings (SSSR count). The quantitative estimate of drug-likeness (QED) is 0.368. The zero-order chi connectivity index (χ0) is 25.7. The lowest BCUT2D eigenvalue weighted by atomic mass is 10.0. The lowest BCUT2D eigenvalue weighted by Crippen LogP contribution is -2.55. The fraction of sp³-hybridized carbons (Fsp3) is 0.524. The maximum atomic E-state index is 12.7. The van der Waals surface area contributed by atoms with Crippen molar-refractivity contribution in [2.45, 2.75) is 45.3 Å². The first-order chi connectivity index (χ1) is 16.6. The third-order valence-electron chi connectivity index (χ3n) is 5.44. The molecule has 1 fully saturated rings. The fourth-order valence-corrected chi connectivity index (χ4v) is 5.05. The van der Waals surface area contributed by atoms with Crippen LogP contribution in [-0.4, -0.2) is 77.7 Å². The number of rotatable bonds is 10. The fourth-order valence-electron chi connectivity index (χ4n) is 3.76. The maximum Gasteiger partial charge on any atom is 0.346 e. The number of amides is 2. The number of aromatic nitrogens is 2. The van der Waals surface area contributed by atoms with Gasteiger partial charge in [0.25, 0.3) is 18.2 Å². The smallest absolute Gasteiger partial charge is 0.346 e. The molecule has 4 N–H and O–H groups in total. The summed E-state index contributed by atoms with van der Waals surface area (Å²) in [7, 11) is 0. The number of halogens is 3. The number of anilines is 1. The molecule has 0 saturated carbocycles. The van der Waals surface area contributed by atoms with E-state index in [9.17, 15) is 28.3 Å². The second-order valence-corrected chi connectivity index (χ2v) is 9.14. The van der Waals surface area contributed by atoms with Crippen LogP contribution in [0.25, 0.3) is 0 Å². The minimum atomic E-state index is -2.75. The first kappa shape index (κ1) is 26.8. The van der Waals surface area contributed by atoms with Crippen LogP contribution in [0.5, 0.6) is 0 Å². The molecule has 0 bridgehead atoms. The average molecular weight is 534 g/mol. The molecular formula is C21H26ClF2N5O5S. The van der Waals surface area contributed by atoms with E-state index in [0.29, 0.717) is 43.2 Å². The highest BCUT2D eigenvalue weighted by molar-refractivity contribution is 7.18.